The van der Waals surface area contributed by atoms with Crippen molar-refractivity contribution in [2.75, 3.05) is 38.0 Å². The summed E-state index contributed by atoms with van der Waals surface area (Å²) in [7, 11) is 7.24. The van der Waals surface area contributed by atoms with Crippen molar-refractivity contribution in [2.45, 2.75) is 0 Å². The summed E-state index contributed by atoms with van der Waals surface area (Å²) in [5.41, 5.74) is 4.19. The fourth-order valence-electron chi connectivity index (χ4n) is 2.78. The van der Waals surface area contributed by atoms with Crippen molar-refractivity contribution in [2.24, 2.45) is 0 Å². The Labute approximate surface area is 141 Å². The standard InChI is InChI=1S/C20H20F2N2/c1-23(2)18-9-8-13(12-17(18)21)14-10-15(11-14)16-6-5-7-19(20(16)22)24(3)4/h5-12H,1-4H3. The predicted octanol–water partition coefficient (Wildman–Crippen LogP) is 4.58. The molecule has 4 heteroatoms. The zero-order valence-corrected chi connectivity index (χ0v) is 14.3. The predicted molar refractivity (Wildman–Crippen MR) is 97.4 cm³/mol. The van der Waals surface area contributed by atoms with Gasteiger partial charge in [0, 0.05) is 33.8 Å². The smallest absolute Gasteiger partial charge is 0.154 e. The molecule has 0 N–H and O–H groups in total. The van der Waals surface area contributed by atoms with Gasteiger partial charge in [0.15, 0.2) is 5.82 Å². The number of hydrogen-bond acceptors (Lipinski definition) is 2. The van der Waals surface area contributed by atoms with Crippen molar-refractivity contribution >= 4 is 22.5 Å². The van der Waals surface area contributed by atoms with E-state index in [9.17, 15) is 8.78 Å². The van der Waals surface area contributed by atoms with Crippen LogP contribution in [0.4, 0.5) is 20.2 Å². The molecule has 124 valence electrons. The Bertz CT molecular complexity index is 849. The highest BCUT2D eigenvalue weighted by Gasteiger charge is 2.18. The van der Waals surface area contributed by atoms with Gasteiger partial charge in [-0.25, -0.2) is 8.78 Å². The molecule has 0 aliphatic heterocycles. The van der Waals surface area contributed by atoms with E-state index in [1.165, 1.54) is 6.07 Å². The summed E-state index contributed by atoms with van der Waals surface area (Å²) in [6, 6.07) is 10.5. The summed E-state index contributed by atoms with van der Waals surface area (Å²) in [4.78, 5) is 3.48. The monoisotopic (exact) mass is 326 g/mol. The van der Waals surface area contributed by atoms with Crippen LogP contribution in [0.1, 0.15) is 11.1 Å². The molecule has 0 fully saturated rings. The van der Waals surface area contributed by atoms with E-state index in [2.05, 4.69) is 0 Å². The molecule has 0 radical (unpaired) electrons. The van der Waals surface area contributed by atoms with Gasteiger partial charge < -0.3 is 9.80 Å². The zero-order valence-electron chi connectivity index (χ0n) is 14.3. The highest BCUT2D eigenvalue weighted by atomic mass is 19.1. The molecule has 0 spiro atoms. The van der Waals surface area contributed by atoms with Crippen LogP contribution in [-0.2, 0) is 0 Å². The number of benzene rings is 2. The molecule has 0 saturated heterocycles. The first-order chi connectivity index (χ1) is 11.4. The summed E-state index contributed by atoms with van der Waals surface area (Å²) in [5, 5.41) is 0. The number of anilines is 2. The average Bonchev–Trinajstić information content (AvgIpc) is 2.46. The second-order valence-corrected chi connectivity index (χ2v) is 6.29. The molecule has 0 saturated carbocycles. The maximum absolute atomic E-state index is 14.6. The van der Waals surface area contributed by atoms with Crippen LogP contribution in [0.25, 0.3) is 11.1 Å². The van der Waals surface area contributed by atoms with Gasteiger partial charge in [0.25, 0.3) is 0 Å². The normalized spacial score (nSPS) is 13.1. The second-order valence-electron chi connectivity index (χ2n) is 6.29. The first kappa shape index (κ1) is 16.2. The van der Waals surface area contributed by atoms with Gasteiger partial charge in [0.1, 0.15) is 5.82 Å². The van der Waals surface area contributed by atoms with Crippen molar-refractivity contribution in [3.63, 3.8) is 0 Å². The number of halogens is 2. The number of rotatable bonds is 4. The molecule has 0 atom stereocenters. The van der Waals surface area contributed by atoms with Gasteiger partial charge in [-0.3, -0.25) is 0 Å². The molecule has 0 heterocycles. The fraction of sp³-hybridized carbons (Fsp3) is 0.200. The minimum Gasteiger partial charge on any atom is -0.375 e. The quantitative estimate of drug-likeness (QED) is 0.811. The third-order valence-electron chi connectivity index (χ3n) is 4.16. The van der Waals surface area contributed by atoms with Gasteiger partial charge in [0.05, 0.1) is 11.4 Å². The summed E-state index contributed by atoms with van der Waals surface area (Å²) in [6.45, 7) is 0. The van der Waals surface area contributed by atoms with Crippen LogP contribution in [0.2, 0.25) is 0 Å². The van der Waals surface area contributed by atoms with Crippen LogP contribution >= 0.6 is 0 Å². The number of nitrogens with zero attached hydrogens (tertiary/aromatic N) is 2. The summed E-state index contributed by atoms with van der Waals surface area (Å²) < 4.78 is 28.6. The molecular weight excluding hydrogens is 306 g/mol. The zero-order chi connectivity index (χ0) is 17.4. The van der Waals surface area contributed by atoms with E-state index in [0.29, 0.717) is 16.9 Å². The van der Waals surface area contributed by atoms with Crippen LogP contribution in [0.15, 0.2) is 48.6 Å². The molecule has 2 aromatic rings. The fourth-order valence-corrected chi connectivity index (χ4v) is 2.78. The Morgan fingerprint density at radius 3 is 2.00 bits per heavy atom. The van der Waals surface area contributed by atoms with Crippen molar-refractivity contribution < 1.29 is 8.78 Å². The van der Waals surface area contributed by atoms with Gasteiger partial charge in [-0.05, 0) is 47.1 Å². The molecule has 2 nitrogen and oxygen atoms in total. The molecule has 0 amide bonds. The van der Waals surface area contributed by atoms with Crippen LogP contribution in [0.5, 0.6) is 0 Å². The highest BCUT2D eigenvalue weighted by molar-refractivity contribution is 6.01. The van der Waals surface area contributed by atoms with Crippen LogP contribution in [0, 0.1) is 11.6 Å². The molecule has 2 aromatic carbocycles. The SMILES string of the molecule is CN(C)c1ccc(C2=CC(c3cccc(N(C)C)c3F)=C2)cc1F. The third kappa shape index (κ3) is 2.80. The highest BCUT2D eigenvalue weighted by Crippen LogP contribution is 2.37. The molecule has 0 bridgehead atoms. The minimum absolute atomic E-state index is 0.238. The van der Waals surface area contributed by atoms with Crippen molar-refractivity contribution in [3.8, 4) is 0 Å². The maximum Gasteiger partial charge on any atom is 0.154 e. The Hall–Kier alpha value is -2.62. The third-order valence-corrected chi connectivity index (χ3v) is 4.16. The summed E-state index contributed by atoms with van der Waals surface area (Å²) >= 11 is 0. The Kier molecular flexibility index (Phi) is 4.14. The van der Waals surface area contributed by atoms with Crippen molar-refractivity contribution in [3.05, 3.63) is 71.3 Å². The van der Waals surface area contributed by atoms with Gasteiger partial charge in [-0.15, -0.1) is 0 Å². The van der Waals surface area contributed by atoms with E-state index in [1.54, 1.807) is 42.1 Å². The van der Waals surface area contributed by atoms with E-state index < -0.39 is 0 Å². The Morgan fingerprint density at radius 1 is 0.750 bits per heavy atom. The van der Waals surface area contributed by atoms with E-state index in [1.807, 2.05) is 38.4 Å². The minimum atomic E-state index is -0.263. The lowest BCUT2D eigenvalue weighted by Gasteiger charge is -2.21. The van der Waals surface area contributed by atoms with Gasteiger partial charge >= 0.3 is 0 Å². The molecule has 0 aromatic heterocycles. The van der Waals surface area contributed by atoms with Crippen LogP contribution in [-0.4, -0.2) is 28.2 Å². The Balaban J connectivity index is 1.86. The van der Waals surface area contributed by atoms with E-state index in [-0.39, 0.29) is 11.6 Å². The number of allylic oxidation sites excluding steroid dienone is 4. The van der Waals surface area contributed by atoms with E-state index in [4.69, 9.17) is 0 Å². The molecule has 1 aliphatic carbocycles. The first-order valence-electron chi connectivity index (χ1n) is 7.75. The molecule has 0 unspecified atom stereocenters. The molecule has 24 heavy (non-hydrogen) atoms. The van der Waals surface area contributed by atoms with Crippen LogP contribution in [0.3, 0.4) is 0 Å². The van der Waals surface area contributed by atoms with E-state index >= 15 is 0 Å². The topological polar surface area (TPSA) is 6.48 Å². The lowest BCUT2D eigenvalue weighted by atomic mass is 9.88. The largest absolute Gasteiger partial charge is 0.375 e. The molecule has 1 aliphatic rings. The van der Waals surface area contributed by atoms with Gasteiger partial charge in [0.2, 0.25) is 0 Å². The van der Waals surface area contributed by atoms with Gasteiger partial charge in [-0.1, -0.05) is 18.2 Å². The molecular formula is C20H20F2N2. The van der Waals surface area contributed by atoms with E-state index in [0.717, 1.165) is 16.7 Å². The lowest BCUT2D eigenvalue weighted by Crippen LogP contribution is -2.12. The lowest BCUT2D eigenvalue weighted by molar-refractivity contribution is 0.622. The second kappa shape index (κ2) is 6.11. The Morgan fingerprint density at radius 2 is 1.42 bits per heavy atom. The first-order valence-corrected chi connectivity index (χ1v) is 7.75. The maximum atomic E-state index is 14.6. The van der Waals surface area contributed by atoms with Gasteiger partial charge in [-0.2, -0.15) is 0 Å². The van der Waals surface area contributed by atoms with Crippen LogP contribution < -0.4 is 9.80 Å². The average molecular weight is 326 g/mol. The summed E-state index contributed by atoms with van der Waals surface area (Å²) in [6.07, 6.45) is 3.78. The van der Waals surface area contributed by atoms with Crippen molar-refractivity contribution in [1.82, 2.24) is 0 Å². The molecule has 3 rings (SSSR count). The summed E-state index contributed by atoms with van der Waals surface area (Å²) in [5.74, 6) is -0.501. The van der Waals surface area contributed by atoms with Crippen molar-refractivity contribution in [1.29, 1.82) is 0 Å². The number of hydrogen-bond donors (Lipinski definition) is 0.